The van der Waals surface area contributed by atoms with Crippen LogP contribution in [-0.4, -0.2) is 60.1 Å². The molecule has 0 bridgehead atoms. The zero-order valence-corrected chi connectivity index (χ0v) is 18.7. The second-order valence-corrected chi connectivity index (χ2v) is 8.64. The molecule has 4 heterocycles. The molecule has 4 aromatic rings. The Morgan fingerprint density at radius 3 is 2.54 bits per heavy atom. The molecule has 1 amide bonds. The number of nitrogens with two attached hydrogens (primary N) is 1. The number of aromatic nitrogens is 5. The number of alkyl halides is 3. The number of aliphatic hydroxyl groups is 1. The summed E-state index contributed by atoms with van der Waals surface area (Å²) in [5.74, 6) is -0.879. The van der Waals surface area contributed by atoms with E-state index in [1.807, 2.05) is 0 Å². The Morgan fingerprint density at radius 1 is 1.11 bits per heavy atom. The highest BCUT2D eigenvalue weighted by Gasteiger charge is 2.34. The number of hydrogen-bond acceptors (Lipinski definition) is 7. The third-order valence-electron chi connectivity index (χ3n) is 6.33. The van der Waals surface area contributed by atoms with Gasteiger partial charge >= 0.3 is 6.18 Å². The van der Waals surface area contributed by atoms with E-state index < -0.39 is 23.7 Å². The number of piperidine rings is 1. The van der Waals surface area contributed by atoms with Gasteiger partial charge in [-0.1, -0.05) is 11.3 Å². The van der Waals surface area contributed by atoms with E-state index in [0.29, 0.717) is 47.9 Å². The maximum Gasteiger partial charge on any atom is 0.419 e. The van der Waals surface area contributed by atoms with Gasteiger partial charge in [0.25, 0.3) is 5.91 Å². The van der Waals surface area contributed by atoms with Crippen molar-refractivity contribution in [3.05, 3.63) is 42.2 Å². The van der Waals surface area contributed by atoms with Crippen molar-refractivity contribution in [2.45, 2.75) is 38.1 Å². The smallest absolute Gasteiger partial charge is 0.384 e. The van der Waals surface area contributed by atoms with E-state index in [9.17, 15) is 23.1 Å². The monoisotopic (exact) mass is 485 g/mol. The molecule has 35 heavy (non-hydrogen) atoms. The summed E-state index contributed by atoms with van der Waals surface area (Å²) >= 11 is 0. The van der Waals surface area contributed by atoms with Crippen LogP contribution in [0.3, 0.4) is 0 Å². The largest absolute Gasteiger partial charge is 0.419 e. The number of carbonyl (C=O) groups excluding carboxylic acids is 1. The normalized spacial score (nSPS) is 16.2. The number of nitrogen functional groups attached to an aromatic ring is 1. The lowest BCUT2D eigenvalue weighted by molar-refractivity contribution is -0.140. The molecule has 1 aromatic carbocycles. The number of amides is 1. The highest BCUT2D eigenvalue weighted by Crippen LogP contribution is 2.36. The van der Waals surface area contributed by atoms with Gasteiger partial charge in [-0.05, 0) is 43.5 Å². The molecule has 0 saturated carbocycles. The zero-order chi connectivity index (χ0) is 24.9. The van der Waals surface area contributed by atoms with Crippen molar-refractivity contribution >= 4 is 33.7 Å². The molecule has 0 unspecified atom stereocenters. The Kier molecular flexibility index (Phi) is 5.55. The molecule has 3 aromatic heterocycles. The number of rotatable bonds is 3. The van der Waals surface area contributed by atoms with Crippen molar-refractivity contribution in [2.75, 3.05) is 18.8 Å². The number of nitrogens with zero attached hydrogens (tertiary/aromatic N) is 6. The topological polar surface area (TPSA) is 123 Å². The number of benzene rings is 1. The van der Waals surface area contributed by atoms with Gasteiger partial charge in [-0.15, -0.1) is 5.10 Å². The fourth-order valence-corrected chi connectivity index (χ4v) is 4.51. The van der Waals surface area contributed by atoms with Crippen molar-refractivity contribution in [1.29, 1.82) is 0 Å². The average molecular weight is 485 g/mol. The molecule has 1 aliphatic rings. The van der Waals surface area contributed by atoms with E-state index in [-0.39, 0.29) is 17.5 Å². The van der Waals surface area contributed by atoms with Crippen molar-refractivity contribution < 1.29 is 23.1 Å². The Labute approximate surface area is 197 Å². The Morgan fingerprint density at radius 2 is 1.86 bits per heavy atom. The molecule has 3 N–H and O–H groups in total. The predicted molar refractivity (Wildman–Crippen MR) is 122 cm³/mol. The van der Waals surface area contributed by atoms with Gasteiger partial charge in [0, 0.05) is 30.2 Å². The molecule has 0 spiro atoms. The molecule has 0 radical (unpaired) electrons. The van der Waals surface area contributed by atoms with Crippen LogP contribution in [0, 0.1) is 0 Å². The first-order chi connectivity index (χ1) is 16.6. The molecule has 1 saturated heterocycles. The first kappa shape index (κ1) is 23.0. The van der Waals surface area contributed by atoms with Crippen LogP contribution in [-0.2, 0) is 11.0 Å². The van der Waals surface area contributed by atoms with Crippen molar-refractivity contribution in [1.82, 2.24) is 29.9 Å². The lowest BCUT2D eigenvalue weighted by Gasteiger charge is -2.32. The predicted octanol–water partition coefficient (Wildman–Crippen LogP) is 3.19. The Balaban J connectivity index is 1.55. The SMILES string of the molecule is C[C@@H](O)C(=O)N1CCC(n2nnc3cnc4ccc(-c5cnc(N)c(C(F)(F)F)c5)cc4c32)CC1. The summed E-state index contributed by atoms with van der Waals surface area (Å²) in [4.78, 5) is 21.9. The molecule has 1 aliphatic heterocycles. The number of fused-ring (bicyclic) bond motifs is 3. The van der Waals surface area contributed by atoms with Gasteiger partial charge in [0.1, 0.15) is 23.0 Å². The van der Waals surface area contributed by atoms with E-state index in [4.69, 9.17) is 5.73 Å². The standard InChI is InChI=1S/C23H22F3N7O2/c1-12(34)22(35)32-6-4-15(5-7-32)33-20-16-8-13(2-3-18(16)28-11-19(20)30-31-33)14-9-17(23(24,25)26)21(27)29-10-14/h2-3,8-12,15,34H,4-7H2,1H3,(H2,27,29)/t12-/m1/s1. The van der Waals surface area contributed by atoms with E-state index in [0.717, 1.165) is 11.6 Å². The van der Waals surface area contributed by atoms with E-state index in [1.165, 1.54) is 13.1 Å². The lowest BCUT2D eigenvalue weighted by Crippen LogP contribution is -2.43. The van der Waals surface area contributed by atoms with E-state index in [1.54, 1.807) is 34.0 Å². The third kappa shape index (κ3) is 4.14. The van der Waals surface area contributed by atoms with Crippen LogP contribution >= 0.6 is 0 Å². The molecule has 9 nitrogen and oxygen atoms in total. The summed E-state index contributed by atoms with van der Waals surface area (Å²) in [7, 11) is 0. The van der Waals surface area contributed by atoms with Gasteiger partial charge in [-0.25, -0.2) is 9.67 Å². The molecule has 1 fully saturated rings. The summed E-state index contributed by atoms with van der Waals surface area (Å²) < 4.78 is 41.9. The summed E-state index contributed by atoms with van der Waals surface area (Å²) in [6.45, 7) is 2.40. The van der Waals surface area contributed by atoms with Gasteiger partial charge in [0.2, 0.25) is 0 Å². The van der Waals surface area contributed by atoms with Crippen molar-refractivity contribution in [3.8, 4) is 11.1 Å². The van der Waals surface area contributed by atoms with Gasteiger partial charge < -0.3 is 15.7 Å². The number of hydrogen-bond donors (Lipinski definition) is 2. The minimum absolute atomic E-state index is 0.0395. The average Bonchev–Trinajstić information content (AvgIpc) is 3.27. The zero-order valence-electron chi connectivity index (χ0n) is 18.7. The van der Waals surface area contributed by atoms with Crippen molar-refractivity contribution in [2.24, 2.45) is 0 Å². The number of likely N-dealkylation sites (tertiary alicyclic amines) is 1. The van der Waals surface area contributed by atoms with Crippen LogP contribution in [0.25, 0.3) is 33.1 Å². The molecule has 12 heteroatoms. The second kappa shape index (κ2) is 8.45. The highest BCUT2D eigenvalue weighted by molar-refractivity contribution is 6.03. The van der Waals surface area contributed by atoms with Crippen LogP contribution in [0.2, 0.25) is 0 Å². The van der Waals surface area contributed by atoms with E-state index in [2.05, 4.69) is 20.3 Å². The second-order valence-electron chi connectivity index (χ2n) is 8.64. The fourth-order valence-electron chi connectivity index (χ4n) is 4.51. The Bertz CT molecular complexity index is 1430. The number of aliphatic hydroxyl groups excluding tert-OH is 1. The first-order valence-electron chi connectivity index (χ1n) is 11.1. The third-order valence-corrected chi connectivity index (χ3v) is 6.33. The summed E-state index contributed by atoms with van der Waals surface area (Å²) in [5, 5.41) is 18.8. The van der Waals surface area contributed by atoms with Crippen LogP contribution in [0.15, 0.2) is 36.7 Å². The molecule has 182 valence electrons. The molecular weight excluding hydrogens is 463 g/mol. The number of carbonyl (C=O) groups is 1. The molecule has 0 aliphatic carbocycles. The van der Waals surface area contributed by atoms with Crippen molar-refractivity contribution in [3.63, 3.8) is 0 Å². The van der Waals surface area contributed by atoms with Crippen LogP contribution in [0.5, 0.6) is 0 Å². The quantitative estimate of drug-likeness (QED) is 0.457. The molecule has 5 rings (SSSR count). The summed E-state index contributed by atoms with van der Waals surface area (Å²) in [6.07, 6.45) is -1.50. The number of pyridine rings is 2. The lowest BCUT2D eigenvalue weighted by atomic mass is 10.0. The van der Waals surface area contributed by atoms with E-state index >= 15 is 0 Å². The maximum absolute atomic E-state index is 13.4. The van der Waals surface area contributed by atoms with Gasteiger partial charge in [0.05, 0.1) is 23.3 Å². The van der Waals surface area contributed by atoms with Gasteiger partial charge in [-0.3, -0.25) is 9.78 Å². The number of anilines is 1. The summed E-state index contributed by atoms with van der Waals surface area (Å²) in [6, 6.07) is 6.12. The maximum atomic E-state index is 13.4. The van der Waals surface area contributed by atoms with Crippen LogP contribution in [0.4, 0.5) is 19.0 Å². The minimum atomic E-state index is -4.62. The summed E-state index contributed by atoms with van der Waals surface area (Å²) in [5.41, 5.74) is 7.18. The Hall–Kier alpha value is -3.80. The molecule has 1 atom stereocenters. The van der Waals surface area contributed by atoms with Crippen LogP contribution < -0.4 is 5.73 Å². The minimum Gasteiger partial charge on any atom is -0.384 e. The van der Waals surface area contributed by atoms with Gasteiger partial charge in [0.15, 0.2) is 0 Å². The molecular formula is C23H22F3N7O2. The highest BCUT2D eigenvalue weighted by atomic mass is 19.4. The first-order valence-corrected chi connectivity index (χ1v) is 11.1. The van der Waals surface area contributed by atoms with Crippen LogP contribution in [0.1, 0.15) is 31.4 Å². The van der Waals surface area contributed by atoms with Gasteiger partial charge in [-0.2, -0.15) is 13.2 Å². The fraction of sp³-hybridized carbons (Fsp3) is 0.348. The number of halogens is 3.